The lowest BCUT2D eigenvalue weighted by molar-refractivity contribution is 0.0695. The van der Waals surface area contributed by atoms with Crippen molar-refractivity contribution in [3.8, 4) is 17.1 Å². The van der Waals surface area contributed by atoms with Crippen molar-refractivity contribution < 1.29 is 19.1 Å². The molecule has 0 aliphatic heterocycles. The Balaban J connectivity index is 1.81. The number of aromatic carboxylic acids is 1. The van der Waals surface area contributed by atoms with Gasteiger partial charge in [0.25, 0.3) is 0 Å². The van der Waals surface area contributed by atoms with E-state index in [1.807, 2.05) is 6.07 Å². The van der Waals surface area contributed by atoms with Gasteiger partial charge in [0.2, 0.25) is 5.43 Å². The van der Waals surface area contributed by atoms with Gasteiger partial charge in [0, 0.05) is 24.2 Å². The van der Waals surface area contributed by atoms with Gasteiger partial charge < -0.3 is 25.0 Å². The first kappa shape index (κ1) is 18.0. The van der Waals surface area contributed by atoms with Gasteiger partial charge in [0.15, 0.2) is 5.75 Å². The van der Waals surface area contributed by atoms with Crippen LogP contribution in [0.5, 0.6) is 5.75 Å². The molecule has 2 heterocycles. The van der Waals surface area contributed by atoms with E-state index in [4.69, 9.17) is 14.9 Å². The highest BCUT2D eigenvalue weighted by molar-refractivity contribution is 5.98. The summed E-state index contributed by atoms with van der Waals surface area (Å²) < 4.78 is 12.0. The zero-order valence-corrected chi connectivity index (χ0v) is 16.1. The Hall–Kier alpha value is -3.06. The number of carboxylic acids is 1. The molecule has 0 radical (unpaired) electrons. The zero-order valence-electron chi connectivity index (χ0n) is 16.1. The van der Waals surface area contributed by atoms with Gasteiger partial charge in [0.1, 0.15) is 17.1 Å². The molecule has 7 nitrogen and oxygen atoms in total. The number of aromatic amines is 1. The zero-order chi connectivity index (χ0) is 20.3. The predicted octanol–water partition coefficient (Wildman–Crippen LogP) is 3.71. The van der Waals surface area contributed by atoms with E-state index in [0.29, 0.717) is 28.3 Å². The van der Waals surface area contributed by atoms with E-state index in [0.717, 1.165) is 54.6 Å². The average Bonchev–Trinajstić information content (AvgIpc) is 3.45. The van der Waals surface area contributed by atoms with E-state index < -0.39 is 11.4 Å². The van der Waals surface area contributed by atoms with Crippen molar-refractivity contribution in [1.29, 1.82) is 0 Å². The first-order chi connectivity index (χ1) is 14.0. The summed E-state index contributed by atoms with van der Waals surface area (Å²) in [5.74, 6) is 1.15. The highest BCUT2D eigenvalue weighted by Gasteiger charge is 2.33. The molecule has 1 atom stereocenters. The van der Waals surface area contributed by atoms with E-state index >= 15 is 0 Å². The molecule has 4 N–H and O–H groups in total. The van der Waals surface area contributed by atoms with Crippen LogP contribution in [0.2, 0.25) is 0 Å². The van der Waals surface area contributed by atoms with Crippen LogP contribution in [0.4, 0.5) is 0 Å². The molecule has 2 aliphatic rings. The molecule has 0 saturated heterocycles. The Kier molecular flexibility index (Phi) is 4.03. The van der Waals surface area contributed by atoms with Crippen molar-refractivity contribution in [2.24, 2.45) is 5.73 Å². The molecule has 7 heteroatoms. The lowest BCUT2D eigenvalue weighted by atomic mass is 9.92. The maximum Gasteiger partial charge on any atom is 0.341 e. The molecule has 0 bridgehead atoms. The third-order valence-electron chi connectivity index (χ3n) is 6.02. The van der Waals surface area contributed by atoms with Gasteiger partial charge in [-0.15, -0.1) is 0 Å². The maximum absolute atomic E-state index is 12.8. The number of hydrogen-bond acceptors (Lipinski definition) is 5. The Morgan fingerprint density at radius 1 is 1.28 bits per heavy atom. The van der Waals surface area contributed by atoms with E-state index in [1.165, 1.54) is 6.20 Å². The number of carboxylic acid groups (broad SMARTS) is 1. The number of aryl methyl sites for hydroxylation is 1. The molecule has 1 unspecified atom stereocenters. The van der Waals surface area contributed by atoms with Crippen LogP contribution in [0.3, 0.4) is 0 Å². The van der Waals surface area contributed by atoms with Gasteiger partial charge >= 0.3 is 5.97 Å². The Morgan fingerprint density at radius 2 is 2.07 bits per heavy atom. The fourth-order valence-corrected chi connectivity index (χ4v) is 4.40. The lowest BCUT2D eigenvalue weighted by Gasteiger charge is -2.16. The lowest BCUT2D eigenvalue weighted by Crippen LogP contribution is -2.16. The summed E-state index contributed by atoms with van der Waals surface area (Å²) in [5.41, 5.74) is 8.77. The number of benzene rings is 1. The van der Waals surface area contributed by atoms with Gasteiger partial charge in [-0.05, 0) is 49.3 Å². The minimum atomic E-state index is -1.25. The van der Waals surface area contributed by atoms with Crippen molar-refractivity contribution in [3.63, 3.8) is 0 Å². The number of nitrogens with two attached hydrogens (primary N) is 1. The van der Waals surface area contributed by atoms with Gasteiger partial charge in [-0.3, -0.25) is 4.79 Å². The number of H-pyrrole nitrogens is 1. The third kappa shape index (κ3) is 2.76. The fraction of sp³-hybridized carbons (Fsp3) is 0.364. The molecule has 1 aromatic carbocycles. The molecular weight excluding hydrogens is 372 g/mol. The van der Waals surface area contributed by atoms with Gasteiger partial charge in [-0.2, -0.15) is 0 Å². The van der Waals surface area contributed by atoms with Crippen LogP contribution in [0.1, 0.15) is 64.9 Å². The third-order valence-corrected chi connectivity index (χ3v) is 6.02. The molecular formula is C22H22N2O5. The summed E-state index contributed by atoms with van der Waals surface area (Å²) in [6.45, 7) is 0. The highest BCUT2D eigenvalue weighted by Crippen LogP contribution is 2.50. The molecule has 5 rings (SSSR count). The summed E-state index contributed by atoms with van der Waals surface area (Å²) in [6.07, 6.45) is 6.03. The highest BCUT2D eigenvalue weighted by atomic mass is 16.5. The predicted molar refractivity (Wildman–Crippen MR) is 108 cm³/mol. The normalized spacial score (nSPS) is 18.6. The fourth-order valence-electron chi connectivity index (χ4n) is 4.40. The van der Waals surface area contributed by atoms with Crippen LogP contribution in [0.25, 0.3) is 22.2 Å². The summed E-state index contributed by atoms with van der Waals surface area (Å²) in [6, 6.07) is 3.76. The number of ether oxygens (including phenoxy) is 1. The molecule has 2 aliphatic carbocycles. The largest absolute Gasteiger partial charge is 0.494 e. The van der Waals surface area contributed by atoms with Crippen LogP contribution in [-0.4, -0.2) is 23.2 Å². The van der Waals surface area contributed by atoms with E-state index in [2.05, 4.69) is 4.98 Å². The molecule has 29 heavy (non-hydrogen) atoms. The summed E-state index contributed by atoms with van der Waals surface area (Å²) in [4.78, 5) is 27.1. The van der Waals surface area contributed by atoms with Crippen molar-refractivity contribution in [2.75, 3.05) is 7.11 Å². The number of aromatic nitrogens is 1. The molecule has 1 fully saturated rings. The smallest absolute Gasteiger partial charge is 0.341 e. The standard InChI is InChI=1S/C22H22N2O5/c1-28-21-18(17-8-12-15(23)3-2-4-16(12)29-17)11(10-5-6-10)7-13-19(21)24-9-14(20(13)25)22(26)27/h7-10,15H,2-6,23H2,1H3,(H,24,25)(H,26,27). The Labute approximate surface area is 166 Å². The Bertz CT molecular complexity index is 1200. The number of furan rings is 1. The van der Waals surface area contributed by atoms with Crippen LogP contribution in [0.15, 0.2) is 27.5 Å². The van der Waals surface area contributed by atoms with Crippen LogP contribution in [-0.2, 0) is 6.42 Å². The average molecular weight is 394 g/mol. The topological polar surface area (TPSA) is 119 Å². The second-order valence-electron chi connectivity index (χ2n) is 7.90. The number of fused-ring (bicyclic) bond motifs is 2. The van der Waals surface area contributed by atoms with Gasteiger partial charge in [-0.25, -0.2) is 4.79 Å². The second kappa shape index (κ2) is 6.49. The van der Waals surface area contributed by atoms with Gasteiger partial charge in [0.05, 0.1) is 23.6 Å². The van der Waals surface area contributed by atoms with Crippen molar-refractivity contribution in [2.45, 2.75) is 44.1 Å². The maximum atomic E-state index is 12.8. The SMILES string of the molecule is COc1c(-c2cc3c(o2)CCCC3N)c(C2CC2)cc2c(=O)c(C(=O)O)c[nH]c12. The number of nitrogens with one attached hydrogen (secondary N) is 1. The van der Waals surface area contributed by atoms with Crippen LogP contribution >= 0.6 is 0 Å². The van der Waals surface area contributed by atoms with E-state index in [1.54, 1.807) is 13.2 Å². The second-order valence-corrected chi connectivity index (χ2v) is 7.90. The minimum Gasteiger partial charge on any atom is -0.494 e. The number of rotatable bonds is 4. The first-order valence-electron chi connectivity index (χ1n) is 9.87. The number of methoxy groups -OCH3 is 1. The summed E-state index contributed by atoms with van der Waals surface area (Å²) in [5, 5.41) is 9.64. The van der Waals surface area contributed by atoms with Crippen LogP contribution < -0.4 is 15.9 Å². The number of hydrogen-bond donors (Lipinski definition) is 3. The van der Waals surface area contributed by atoms with Crippen molar-refractivity contribution in [3.05, 3.63) is 51.0 Å². The molecule has 1 saturated carbocycles. The minimum absolute atomic E-state index is 0.0370. The summed E-state index contributed by atoms with van der Waals surface area (Å²) in [7, 11) is 1.55. The van der Waals surface area contributed by atoms with Crippen LogP contribution in [0, 0.1) is 0 Å². The molecule has 150 valence electrons. The quantitative estimate of drug-likeness (QED) is 0.621. The summed E-state index contributed by atoms with van der Waals surface area (Å²) >= 11 is 0. The number of pyridine rings is 1. The molecule has 0 spiro atoms. The molecule has 2 aromatic heterocycles. The number of carbonyl (C=O) groups is 1. The van der Waals surface area contributed by atoms with E-state index in [9.17, 15) is 14.7 Å². The van der Waals surface area contributed by atoms with Crippen molar-refractivity contribution >= 4 is 16.9 Å². The Morgan fingerprint density at radius 3 is 2.72 bits per heavy atom. The molecule has 0 amide bonds. The molecule has 3 aromatic rings. The first-order valence-corrected chi connectivity index (χ1v) is 9.87. The van der Waals surface area contributed by atoms with Crippen molar-refractivity contribution in [1.82, 2.24) is 4.98 Å². The van der Waals surface area contributed by atoms with E-state index in [-0.39, 0.29) is 11.6 Å². The monoisotopic (exact) mass is 394 g/mol. The van der Waals surface area contributed by atoms with Gasteiger partial charge in [-0.1, -0.05) is 0 Å².